The van der Waals surface area contributed by atoms with Crippen LogP contribution in [0.4, 0.5) is 0 Å². The minimum absolute atomic E-state index is 0.102. The molecule has 4 heterocycles. The van der Waals surface area contributed by atoms with Crippen LogP contribution in [-0.4, -0.2) is 73.4 Å². The van der Waals surface area contributed by atoms with E-state index in [1.807, 2.05) is 23.2 Å². The number of amides is 2. The third-order valence-corrected chi connectivity index (χ3v) is 4.99. The number of fused-ring (bicyclic) bond motifs is 1. The molecule has 29 heavy (non-hydrogen) atoms. The van der Waals surface area contributed by atoms with Gasteiger partial charge in [0.25, 0.3) is 5.91 Å². The third-order valence-electron chi connectivity index (χ3n) is 4.99. The van der Waals surface area contributed by atoms with Crippen LogP contribution >= 0.6 is 0 Å². The standard InChI is InChI=1S/C20H23N7O2/c1-24(2)20(29)18-12-17-6-5-16(14-27(17)22-18)15-4-3-9-25(13-15)19(28)7-10-26-11-8-21-23-26/h4-6,8,11-12,14H,3,7,9-10,13H2,1-2H3. The van der Waals surface area contributed by atoms with E-state index in [-0.39, 0.29) is 11.8 Å². The first-order valence-electron chi connectivity index (χ1n) is 9.53. The molecule has 0 saturated heterocycles. The molecule has 1 aliphatic heterocycles. The number of carbonyl (C=O) groups excluding carboxylic acids is 2. The summed E-state index contributed by atoms with van der Waals surface area (Å²) in [6.45, 7) is 1.80. The van der Waals surface area contributed by atoms with Crippen LogP contribution in [0.25, 0.3) is 11.1 Å². The van der Waals surface area contributed by atoms with Crippen molar-refractivity contribution < 1.29 is 9.59 Å². The topological polar surface area (TPSA) is 88.6 Å². The molecule has 1 aliphatic rings. The zero-order chi connectivity index (χ0) is 20.4. The fourth-order valence-corrected chi connectivity index (χ4v) is 3.40. The third kappa shape index (κ3) is 4.03. The highest BCUT2D eigenvalue weighted by Crippen LogP contribution is 2.22. The van der Waals surface area contributed by atoms with Crippen LogP contribution < -0.4 is 0 Å². The van der Waals surface area contributed by atoms with Crippen molar-refractivity contribution in [2.24, 2.45) is 0 Å². The molecule has 0 unspecified atom stereocenters. The van der Waals surface area contributed by atoms with Gasteiger partial charge < -0.3 is 9.80 Å². The predicted octanol–water partition coefficient (Wildman–Crippen LogP) is 1.33. The van der Waals surface area contributed by atoms with Crippen LogP contribution in [0.1, 0.15) is 28.9 Å². The van der Waals surface area contributed by atoms with E-state index in [0.717, 1.165) is 23.1 Å². The molecule has 150 valence electrons. The lowest BCUT2D eigenvalue weighted by Gasteiger charge is -2.27. The lowest BCUT2D eigenvalue weighted by Crippen LogP contribution is -2.36. The first-order valence-corrected chi connectivity index (χ1v) is 9.53. The summed E-state index contributed by atoms with van der Waals surface area (Å²) in [4.78, 5) is 28.1. The number of aryl methyl sites for hydroxylation is 1. The van der Waals surface area contributed by atoms with E-state index in [2.05, 4.69) is 21.5 Å². The van der Waals surface area contributed by atoms with Crippen molar-refractivity contribution in [1.82, 2.24) is 34.4 Å². The van der Waals surface area contributed by atoms with E-state index in [1.54, 1.807) is 41.8 Å². The van der Waals surface area contributed by atoms with Crippen LogP contribution in [0.15, 0.2) is 42.9 Å². The average molecular weight is 393 g/mol. The summed E-state index contributed by atoms with van der Waals surface area (Å²) in [6.07, 6.45) is 8.64. The van der Waals surface area contributed by atoms with Crippen molar-refractivity contribution in [3.8, 4) is 0 Å². The molecular formula is C20H23N7O2. The van der Waals surface area contributed by atoms with Crippen LogP contribution in [0.2, 0.25) is 0 Å². The molecular weight excluding hydrogens is 370 g/mol. The number of rotatable bonds is 5. The molecule has 2 amide bonds. The Morgan fingerprint density at radius 2 is 2.10 bits per heavy atom. The minimum Gasteiger partial charge on any atom is -0.343 e. The smallest absolute Gasteiger partial charge is 0.273 e. The zero-order valence-electron chi connectivity index (χ0n) is 16.5. The first kappa shape index (κ1) is 18.9. The minimum atomic E-state index is -0.128. The highest BCUT2D eigenvalue weighted by molar-refractivity contribution is 5.93. The van der Waals surface area contributed by atoms with Gasteiger partial charge in [0.05, 0.1) is 18.3 Å². The predicted molar refractivity (Wildman–Crippen MR) is 107 cm³/mol. The van der Waals surface area contributed by atoms with Gasteiger partial charge in [-0.2, -0.15) is 5.10 Å². The molecule has 0 atom stereocenters. The van der Waals surface area contributed by atoms with Gasteiger partial charge in [0, 0.05) is 46.0 Å². The van der Waals surface area contributed by atoms with Gasteiger partial charge in [0.1, 0.15) is 0 Å². The maximum Gasteiger partial charge on any atom is 0.273 e. The molecule has 0 saturated carbocycles. The van der Waals surface area contributed by atoms with Gasteiger partial charge in [-0.3, -0.25) is 14.3 Å². The first-order chi connectivity index (χ1) is 14.0. The molecule has 0 spiro atoms. The molecule has 0 bridgehead atoms. The van der Waals surface area contributed by atoms with Crippen molar-refractivity contribution in [3.63, 3.8) is 0 Å². The zero-order valence-corrected chi connectivity index (χ0v) is 16.5. The summed E-state index contributed by atoms with van der Waals surface area (Å²) in [6, 6.07) is 5.73. The van der Waals surface area contributed by atoms with Gasteiger partial charge >= 0.3 is 0 Å². The van der Waals surface area contributed by atoms with E-state index in [4.69, 9.17) is 0 Å². The Kier molecular flexibility index (Phi) is 5.11. The SMILES string of the molecule is CN(C)C(=O)c1cc2ccc(C3=CCCN(C(=O)CCn4ccnn4)C3)cn2n1. The molecule has 0 radical (unpaired) electrons. The number of pyridine rings is 1. The molecule has 0 aliphatic carbocycles. The van der Waals surface area contributed by atoms with Crippen molar-refractivity contribution >= 4 is 22.9 Å². The summed E-state index contributed by atoms with van der Waals surface area (Å²) in [7, 11) is 3.41. The normalized spacial score (nSPS) is 14.1. The van der Waals surface area contributed by atoms with Crippen molar-refractivity contribution in [1.29, 1.82) is 0 Å². The maximum absolute atomic E-state index is 12.6. The molecule has 9 nitrogen and oxygen atoms in total. The van der Waals surface area contributed by atoms with Crippen LogP contribution in [0.3, 0.4) is 0 Å². The summed E-state index contributed by atoms with van der Waals surface area (Å²) in [5.74, 6) is -0.0265. The molecule has 0 N–H and O–H groups in total. The highest BCUT2D eigenvalue weighted by atomic mass is 16.2. The van der Waals surface area contributed by atoms with E-state index >= 15 is 0 Å². The van der Waals surface area contributed by atoms with E-state index in [0.29, 0.717) is 31.7 Å². The summed E-state index contributed by atoms with van der Waals surface area (Å²) in [5, 5.41) is 12.1. The van der Waals surface area contributed by atoms with Crippen LogP contribution in [-0.2, 0) is 11.3 Å². The van der Waals surface area contributed by atoms with Crippen molar-refractivity contribution in [2.45, 2.75) is 19.4 Å². The number of carbonyl (C=O) groups is 2. The Balaban J connectivity index is 1.47. The second kappa shape index (κ2) is 7.86. The van der Waals surface area contributed by atoms with E-state index in [9.17, 15) is 9.59 Å². The summed E-state index contributed by atoms with van der Waals surface area (Å²) in [5.41, 5.74) is 3.35. The van der Waals surface area contributed by atoms with Gasteiger partial charge in [-0.15, -0.1) is 5.10 Å². The largest absolute Gasteiger partial charge is 0.343 e. The Labute approximate surface area is 168 Å². The second-order valence-electron chi connectivity index (χ2n) is 7.27. The maximum atomic E-state index is 12.6. The lowest BCUT2D eigenvalue weighted by molar-refractivity contribution is -0.131. The van der Waals surface area contributed by atoms with Gasteiger partial charge in [0.2, 0.25) is 5.91 Å². The van der Waals surface area contributed by atoms with Gasteiger partial charge in [-0.1, -0.05) is 17.4 Å². The average Bonchev–Trinajstić information content (AvgIpc) is 3.40. The Morgan fingerprint density at radius 1 is 1.24 bits per heavy atom. The highest BCUT2D eigenvalue weighted by Gasteiger charge is 2.20. The fourth-order valence-electron chi connectivity index (χ4n) is 3.40. The Hall–Kier alpha value is -3.49. The number of nitrogens with zero attached hydrogens (tertiary/aromatic N) is 7. The fraction of sp³-hybridized carbons (Fsp3) is 0.350. The number of aromatic nitrogens is 5. The number of hydrogen-bond acceptors (Lipinski definition) is 5. The van der Waals surface area contributed by atoms with Crippen LogP contribution in [0.5, 0.6) is 0 Å². The number of hydrogen-bond donors (Lipinski definition) is 0. The van der Waals surface area contributed by atoms with E-state index in [1.165, 1.54) is 4.90 Å². The molecule has 0 aromatic carbocycles. The summed E-state index contributed by atoms with van der Waals surface area (Å²) >= 11 is 0. The van der Waals surface area contributed by atoms with Gasteiger partial charge in [-0.25, -0.2) is 4.52 Å². The van der Waals surface area contributed by atoms with Crippen molar-refractivity contribution in [3.05, 3.63) is 54.1 Å². The molecule has 4 rings (SSSR count). The quantitative estimate of drug-likeness (QED) is 0.653. The lowest BCUT2D eigenvalue weighted by atomic mass is 10.0. The second-order valence-corrected chi connectivity index (χ2v) is 7.27. The van der Waals surface area contributed by atoms with E-state index < -0.39 is 0 Å². The van der Waals surface area contributed by atoms with Crippen molar-refractivity contribution in [2.75, 3.05) is 27.2 Å². The molecule has 3 aromatic rings. The van der Waals surface area contributed by atoms with Gasteiger partial charge in [0.15, 0.2) is 5.69 Å². The molecule has 0 fully saturated rings. The molecule has 3 aromatic heterocycles. The van der Waals surface area contributed by atoms with Crippen LogP contribution in [0, 0.1) is 0 Å². The summed E-state index contributed by atoms with van der Waals surface area (Å²) < 4.78 is 3.38. The Bertz CT molecular complexity index is 1070. The Morgan fingerprint density at radius 3 is 2.86 bits per heavy atom. The molecule has 9 heteroatoms. The van der Waals surface area contributed by atoms with Gasteiger partial charge in [-0.05, 0) is 29.7 Å². The monoisotopic (exact) mass is 393 g/mol.